The maximum atomic E-state index is 11.8. The van der Waals surface area contributed by atoms with Gasteiger partial charge in [-0.15, -0.1) is 0 Å². The lowest BCUT2D eigenvalue weighted by Crippen LogP contribution is -2.08. The molecule has 0 fully saturated rings. The molecule has 0 radical (unpaired) electrons. The third-order valence-corrected chi connectivity index (χ3v) is 2.93. The second kappa shape index (κ2) is 6.99. The molecule has 0 spiro atoms. The molecule has 7 heteroatoms. The minimum Gasteiger partial charge on any atom is -0.478 e. The number of carbonyl (C=O) groups is 2. The van der Waals surface area contributed by atoms with E-state index in [1.165, 1.54) is 60.7 Å². The van der Waals surface area contributed by atoms with E-state index in [2.05, 4.69) is 5.32 Å². The van der Waals surface area contributed by atoms with Gasteiger partial charge in [0.15, 0.2) is 0 Å². The van der Waals surface area contributed by atoms with Crippen molar-refractivity contribution in [2.45, 2.75) is 0 Å². The summed E-state index contributed by atoms with van der Waals surface area (Å²) >= 11 is 0. The first-order valence-corrected chi connectivity index (χ1v) is 6.52. The number of carboxylic acids is 1. The molecule has 0 heterocycles. The van der Waals surface area contributed by atoms with Gasteiger partial charge in [-0.05, 0) is 48.0 Å². The average molecular weight is 312 g/mol. The van der Waals surface area contributed by atoms with Gasteiger partial charge in [-0.3, -0.25) is 14.9 Å². The molecule has 2 aromatic carbocycles. The highest BCUT2D eigenvalue weighted by atomic mass is 16.6. The predicted molar refractivity (Wildman–Crippen MR) is 84.2 cm³/mol. The van der Waals surface area contributed by atoms with Crippen molar-refractivity contribution in [1.29, 1.82) is 0 Å². The lowest BCUT2D eigenvalue weighted by molar-refractivity contribution is -0.384. The van der Waals surface area contributed by atoms with Gasteiger partial charge >= 0.3 is 5.97 Å². The summed E-state index contributed by atoms with van der Waals surface area (Å²) in [5.41, 5.74) is 1.22. The fourth-order valence-electron chi connectivity index (χ4n) is 1.76. The van der Waals surface area contributed by atoms with E-state index in [4.69, 9.17) is 5.11 Å². The Hall–Kier alpha value is -3.48. The molecule has 0 saturated heterocycles. The smallest absolute Gasteiger partial charge is 0.335 e. The van der Waals surface area contributed by atoms with Crippen LogP contribution < -0.4 is 5.32 Å². The van der Waals surface area contributed by atoms with Crippen molar-refractivity contribution in [2.24, 2.45) is 0 Å². The summed E-state index contributed by atoms with van der Waals surface area (Å²) < 4.78 is 0. The van der Waals surface area contributed by atoms with E-state index in [9.17, 15) is 19.7 Å². The Morgan fingerprint density at radius 1 is 1.04 bits per heavy atom. The fraction of sp³-hybridized carbons (Fsp3) is 0. The monoisotopic (exact) mass is 312 g/mol. The quantitative estimate of drug-likeness (QED) is 0.501. The van der Waals surface area contributed by atoms with Crippen LogP contribution in [0.1, 0.15) is 15.9 Å². The highest BCUT2D eigenvalue weighted by Gasteiger charge is 2.04. The number of non-ortho nitro benzene ring substituents is 1. The first-order chi connectivity index (χ1) is 11.0. The molecule has 0 atom stereocenters. The number of amides is 1. The molecule has 1 amide bonds. The molecule has 2 aromatic rings. The number of hydrogen-bond acceptors (Lipinski definition) is 4. The lowest BCUT2D eigenvalue weighted by Gasteiger charge is -2.02. The summed E-state index contributed by atoms with van der Waals surface area (Å²) in [5.74, 6) is -1.44. The van der Waals surface area contributed by atoms with Gasteiger partial charge in [0.05, 0.1) is 10.5 Å². The molecule has 0 saturated carbocycles. The number of aromatic carboxylic acids is 1. The number of benzene rings is 2. The van der Waals surface area contributed by atoms with Gasteiger partial charge in [0.25, 0.3) is 5.69 Å². The Balaban J connectivity index is 1.98. The Morgan fingerprint density at radius 3 is 2.17 bits per heavy atom. The molecule has 0 aliphatic carbocycles. The molecule has 0 unspecified atom stereocenters. The van der Waals surface area contributed by atoms with Crippen molar-refractivity contribution < 1.29 is 19.6 Å². The normalized spacial score (nSPS) is 10.4. The molecule has 0 bridgehead atoms. The van der Waals surface area contributed by atoms with E-state index in [0.29, 0.717) is 11.3 Å². The van der Waals surface area contributed by atoms with Crippen LogP contribution in [-0.2, 0) is 4.79 Å². The highest BCUT2D eigenvalue weighted by Crippen LogP contribution is 2.13. The van der Waals surface area contributed by atoms with E-state index in [-0.39, 0.29) is 11.3 Å². The van der Waals surface area contributed by atoms with Crippen molar-refractivity contribution in [1.82, 2.24) is 0 Å². The van der Waals surface area contributed by atoms with Crippen molar-refractivity contribution in [3.8, 4) is 0 Å². The van der Waals surface area contributed by atoms with Crippen LogP contribution in [0.4, 0.5) is 11.4 Å². The molecular weight excluding hydrogens is 300 g/mol. The number of nitrogens with zero attached hydrogens (tertiary/aromatic N) is 1. The molecule has 0 aliphatic rings. The number of nitro groups is 1. The number of nitro benzene ring substituents is 1. The second-order valence-electron chi connectivity index (χ2n) is 4.55. The summed E-state index contributed by atoms with van der Waals surface area (Å²) in [6.07, 6.45) is 2.80. The van der Waals surface area contributed by atoms with Crippen LogP contribution in [0.2, 0.25) is 0 Å². The Morgan fingerprint density at radius 2 is 1.65 bits per heavy atom. The second-order valence-corrected chi connectivity index (χ2v) is 4.55. The van der Waals surface area contributed by atoms with Gasteiger partial charge in [0.2, 0.25) is 5.91 Å². The summed E-state index contributed by atoms with van der Waals surface area (Å²) in [6, 6.07) is 11.5. The number of rotatable bonds is 5. The number of carboxylic acid groups (broad SMARTS) is 1. The third kappa shape index (κ3) is 4.50. The van der Waals surface area contributed by atoms with Crippen LogP contribution in [0, 0.1) is 10.1 Å². The molecule has 0 aliphatic heterocycles. The molecule has 2 rings (SSSR count). The molecule has 2 N–H and O–H groups in total. The third-order valence-electron chi connectivity index (χ3n) is 2.93. The largest absolute Gasteiger partial charge is 0.478 e. The summed E-state index contributed by atoms with van der Waals surface area (Å²) in [6.45, 7) is 0. The molecule has 116 valence electrons. The van der Waals surface area contributed by atoms with Crippen molar-refractivity contribution in [3.05, 3.63) is 75.8 Å². The zero-order valence-electron chi connectivity index (χ0n) is 11.8. The Kier molecular flexibility index (Phi) is 4.83. The zero-order chi connectivity index (χ0) is 16.8. The predicted octanol–water partition coefficient (Wildman–Crippen LogP) is 2.94. The van der Waals surface area contributed by atoms with Crippen molar-refractivity contribution >= 4 is 29.3 Å². The van der Waals surface area contributed by atoms with Crippen LogP contribution >= 0.6 is 0 Å². The van der Waals surface area contributed by atoms with Gasteiger partial charge in [0, 0.05) is 23.9 Å². The minimum atomic E-state index is -1.04. The first-order valence-electron chi connectivity index (χ1n) is 6.52. The van der Waals surface area contributed by atoms with Gasteiger partial charge in [-0.25, -0.2) is 4.79 Å². The Bertz CT molecular complexity index is 764. The molecular formula is C16H12N2O5. The van der Waals surface area contributed by atoms with E-state index in [1.807, 2.05) is 0 Å². The van der Waals surface area contributed by atoms with E-state index in [0.717, 1.165) is 0 Å². The number of nitrogens with one attached hydrogen (secondary N) is 1. The van der Waals surface area contributed by atoms with Crippen LogP contribution in [0.25, 0.3) is 6.08 Å². The van der Waals surface area contributed by atoms with Gasteiger partial charge in [-0.2, -0.15) is 0 Å². The topological polar surface area (TPSA) is 110 Å². The number of hydrogen-bond donors (Lipinski definition) is 2. The van der Waals surface area contributed by atoms with E-state index < -0.39 is 16.8 Å². The molecule has 23 heavy (non-hydrogen) atoms. The van der Waals surface area contributed by atoms with Crippen LogP contribution in [0.15, 0.2) is 54.6 Å². The van der Waals surface area contributed by atoms with Gasteiger partial charge in [-0.1, -0.05) is 0 Å². The van der Waals surface area contributed by atoms with Crippen LogP contribution in [0.5, 0.6) is 0 Å². The first kappa shape index (κ1) is 15.9. The number of anilines is 1. The Labute approximate surface area is 131 Å². The van der Waals surface area contributed by atoms with E-state index in [1.54, 1.807) is 0 Å². The maximum absolute atomic E-state index is 11.8. The average Bonchev–Trinajstić information content (AvgIpc) is 2.54. The van der Waals surface area contributed by atoms with Gasteiger partial charge < -0.3 is 10.4 Å². The summed E-state index contributed by atoms with van der Waals surface area (Å²) in [4.78, 5) is 32.5. The summed E-state index contributed by atoms with van der Waals surface area (Å²) in [5, 5.41) is 21.9. The van der Waals surface area contributed by atoms with Gasteiger partial charge in [0.1, 0.15) is 0 Å². The molecule has 7 nitrogen and oxygen atoms in total. The van der Waals surface area contributed by atoms with Crippen molar-refractivity contribution in [3.63, 3.8) is 0 Å². The number of carbonyl (C=O) groups excluding carboxylic acids is 1. The molecule has 0 aromatic heterocycles. The van der Waals surface area contributed by atoms with Crippen LogP contribution in [-0.4, -0.2) is 21.9 Å². The summed E-state index contributed by atoms with van der Waals surface area (Å²) in [7, 11) is 0. The van der Waals surface area contributed by atoms with E-state index >= 15 is 0 Å². The lowest BCUT2D eigenvalue weighted by atomic mass is 10.2. The van der Waals surface area contributed by atoms with Crippen molar-refractivity contribution in [2.75, 3.05) is 5.32 Å². The van der Waals surface area contributed by atoms with Crippen LogP contribution in [0.3, 0.4) is 0 Å². The maximum Gasteiger partial charge on any atom is 0.335 e. The standard InChI is InChI=1S/C16H12N2O5/c19-15(17-13-6-4-12(5-7-13)16(20)21)10-3-11-1-8-14(9-2-11)18(22)23/h1-10H,(H,17,19)(H,20,21)/b10-3+. The fourth-order valence-corrected chi connectivity index (χ4v) is 1.76. The zero-order valence-corrected chi connectivity index (χ0v) is 11.8. The SMILES string of the molecule is O=C(/C=C/c1ccc([N+](=O)[O-])cc1)Nc1ccc(C(=O)O)cc1. The minimum absolute atomic E-state index is 0.0230. The highest BCUT2D eigenvalue weighted by molar-refractivity contribution is 6.02.